The van der Waals surface area contributed by atoms with E-state index in [2.05, 4.69) is 18.7 Å². The number of nitrogens with zero attached hydrogens (tertiary/aromatic N) is 1. The maximum absolute atomic E-state index is 14.6. The van der Waals surface area contributed by atoms with E-state index in [0.29, 0.717) is 30.9 Å². The predicted octanol–water partition coefficient (Wildman–Crippen LogP) is 1.59. The third kappa shape index (κ3) is 2.49. The number of carbonyl (C=O) groups excluding carboxylic acids is 3. The van der Waals surface area contributed by atoms with Crippen LogP contribution >= 0.6 is 0 Å². The molecule has 2 N–H and O–H groups in total. The van der Waals surface area contributed by atoms with Gasteiger partial charge in [-0.1, -0.05) is 20.8 Å². The molecule has 0 aromatic rings. The van der Waals surface area contributed by atoms with Crippen molar-refractivity contribution in [3.8, 4) is 0 Å². The molecule has 12 atom stereocenters. The van der Waals surface area contributed by atoms with Crippen molar-refractivity contribution in [2.24, 2.45) is 45.8 Å². The molecule has 5 heterocycles. The third-order valence-electron chi connectivity index (χ3n) is 13.1. The zero-order chi connectivity index (χ0) is 27.3. The van der Waals surface area contributed by atoms with Gasteiger partial charge >= 0.3 is 5.97 Å². The topological polar surface area (TPSA) is 123 Å². The van der Waals surface area contributed by atoms with E-state index in [1.54, 1.807) is 0 Å². The van der Waals surface area contributed by atoms with Gasteiger partial charge in [-0.3, -0.25) is 14.4 Å². The molecule has 212 valence electrons. The van der Waals surface area contributed by atoms with Crippen LogP contribution in [-0.2, 0) is 28.6 Å². The Morgan fingerprint density at radius 3 is 2.67 bits per heavy atom. The zero-order valence-electron chi connectivity index (χ0n) is 23.0. The van der Waals surface area contributed by atoms with Crippen LogP contribution in [0.2, 0.25) is 0 Å². The number of hydrogen-bond donors (Lipinski definition) is 2. The van der Waals surface area contributed by atoms with Crippen LogP contribution in [0.25, 0.3) is 0 Å². The van der Waals surface area contributed by atoms with Crippen LogP contribution in [0.5, 0.6) is 0 Å². The number of Topliss-reactive ketones (excluding diaryl/α,β-unsaturated/α-hetero) is 1. The molecule has 0 radical (unpaired) electrons. The first-order chi connectivity index (χ1) is 18.5. The van der Waals surface area contributed by atoms with E-state index < -0.39 is 51.6 Å². The van der Waals surface area contributed by atoms with Crippen molar-refractivity contribution in [2.75, 3.05) is 26.4 Å². The monoisotopic (exact) mass is 541 g/mol. The van der Waals surface area contributed by atoms with E-state index in [0.717, 1.165) is 19.3 Å². The third-order valence-corrected chi connectivity index (χ3v) is 13.1. The predicted molar refractivity (Wildman–Crippen MR) is 135 cm³/mol. The second kappa shape index (κ2) is 7.40. The molecule has 4 spiro atoms. The van der Waals surface area contributed by atoms with Gasteiger partial charge in [0.15, 0.2) is 11.5 Å². The van der Waals surface area contributed by atoms with Crippen LogP contribution in [0, 0.1) is 45.8 Å². The van der Waals surface area contributed by atoms with Gasteiger partial charge in [-0.2, -0.15) is 0 Å². The van der Waals surface area contributed by atoms with Crippen molar-refractivity contribution >= 4 is 17.5 Å². The molecule has 39 heavy (non-hydrogen) atoms. The Bertz CT molecular complexity index is 1230. The molecule has 0 amide bonds. The van der Waals surface area contributed by atoms with Gasteiger partial charge in [-0.25, -0.2) is 4.90 Å². The smallest absolute Gasteiger partial charge is 0.306 e. The minimum Gasteiger partial charge on any atom is -0.465 e. The lowest BCUT2D eigenvalue weighted by Crippen LogP contribution is -2.83. The number of ketones is 2. The van der Waals surface area contributed by atoms with E-state index >= 15 is 0 Å². The normalized spacial score (nSPS) is 57.5. The number of rotatable bonds is 1. The largest absolute Gasteiger partial charge is 0.465 e. The highest BCUT2D eigenvalue weighted by Gasteiger charge is 2.89. The van der Waals surface area contributed by atoms with Crippen molar-refractivity contribution in [2.45, 2.75) is 83.0 Å². The molecule has 8 rings (SSSR count). The summed E-state index contributed by atoms with van der Waals surface area (Å²) in [6, 6.07) is 0. The number of aliphatic hydroxyl groups excluding tert-OH is 2. The van der Waals surface area contributed by atoms with Gasteiger partial charge in [-0.15, -0.1) is 0 Å². The Balaban J connectivity index is 1.39. The molecule has 9 heteroatoms. The fraction of sp³-hybridized carbons (Fsp3) is 0.833. The number of cyclic esters (lactones) is 1. The summed E-state index contributed by atoms with van der Waals surface area (Å²) in [5, 5.41) is 23.0. The Hall–Kier alpha value is -1.65. The average Bonchev–Trinajstić information content (AvgIpc) is 3.50. The number of allylic oxidation sites excluding steroid dienone is 1. The van der Waals surface area contributed by atoms with E-state index in [1.165, 1.54) is 6.08 Å². The molecule has 0 aromatic carbocycles. The first kappa shape index (κ1) is 25.1. The van der Waals surface area contributed by atoms with Gasteiger partial charge in [-0.05, 0) is 55.6 Å². The van der Waals surface area contributed by atoms with Gasteiger partial charge in [0.05, 0.1) is 32.3 Å². The fourth-order valence-electron chi connectivity index (χ4n) is 11.7. The highest BCUT2D eigenvalue weighted by molar-refractivity contribution is 6.00. The van der Waals surface area contributed by atoms with E-state index in [9.17, 15) is 24.6 Å². The van der Waals surface area contributed by atoms with E-state index in [4.69, 9.17) is 14.2 Å². The summed E-state index contributed by atoms with van der Waals surface area (Å²) in [5.74, 6) is -2.30. The highest BCUT2D eigenvalue weighted by Crippen LogP contribution is 2.80. The molecule has 0 aromatic heterocycles. The number of carbonyl (C=O) groups is 3. The lowest BCUT2D eigenvalue weighted by Gasteiger charge is -2.72. The molecule has 4 bridgehead atoms. The minimum absolute atomic E-state index is 0.0360. The Labute approximate surface area is 228 Å². The molecule has 2 saturated carbocycles. The van der Waals surface area contributed by atoms with Crippen molar-refractivity contribution in [3.63, 3.8) is 0 Å². The molecule has 8 aliphatic rings. The number of fused-ring (bicyclic) bond motifs is 4. The van der Waals surface area contributed by atoms with E-state index in [-0.39, 0.29) is 55.8 Å². The molecule has 7 fully saturated rings. The number of aliphatic hydroxyl groups is 2. The van der Waals surface area contributed by atoms with Crippen LogP contribution in [0.4, 0.5) is 0 Å². The molecule has 9 nitrogen and oxygen atoms in total. The maximum atomic E-state index is 14.6. The quantitative estimate of drug-likeness (QED) is 0.477. The summed E-state index contributed by atoms with van der Waals surface area (Å²) in [6.45, 7) is 6.82. The second-order valence-corrected chi connectivity index (χ2v) is 14.5. The summed E-state index contributed by atoms with van der Waals surface area (Å²) >= 11 is 0. The number of piperidine rings is 1. The van der Waals surface area contributed by atoms with Crippen LogP contribution in [0.1, 0.15) is 59.3 Å². The lowest BCUT2D eigenvalue weighted by atomic mass is 9.33. The average molecular weight is 542 g/mol. The van der Waals surface area contributed by atoms with Gasteiger partial charge in [0.1, 0.15) is 17.6 Å². The molecular formula is C30H39NO8. The molecular weight excluding hydrogens is 502 g/mol. The van der Waals surface area contributed by atoms with Gasteiger partial charge in [0.2, 0.25) is 0 Å². The first-order valence-corrected chi connectivity index (χ1v) is 14.8. The zero-order valence-corrected chi connectivity index (χ0v) is 23.0. The Morgan fingerprint density at radius 1 is 1.15 bits per heavy atom. The maximum Gasteiger partial charge on any atom is 0.306 e. The SMILES string of the molecule is C[C@H]1C[C@@H]2CN3[C@](CC[C@@]4(C)[C@]5(COC(=O)C5)[C@H]5C(=O)[C@H](C)[C@@H]6C(=O)C=C(CO)C[C@H]6[C@@]56CO[C@@]34[C@@H]6O)(C1)O2. The fourth-order valence-corrected chi connectivity index (χ4v) is 11.7. The van der Waals surface area contributed by atoms with Crippen molar-refractivity contribution < 1.29 is 38.8 Å². The second-order valence-electron chi connectivity index (χ2n) is 14.5. The Kier molecular flexibility index (Phi) is 4.76. The van der Waals surface area contributed by atoms with Gasteiger partial charge < -0.3 is 24.4 Å². The van der Waals surface area contributed by atoms with Crippen LogP contribution in [0.3, 0.4) is 0 Å². The number of ether oxygens (including phenoxy) is 3. The summed E-state index contributed by atoms with van der Waals surface area (Å²) < 4.78 is 19.5. The molecule has 5 saturated heterocycles. The van der Waals surface area contributed by atoms with Crippen LogP contribution in [-0.4, -0.2) is 82.7 Å². The number of esters is 1. The van der Waals surface area contributed by atoms with E-state index in [1.807, 2.05) is 6.92 Å². The van der Waals surface area contributed by atoms with Gasteiger partial charge in [0.25, 0.3) is 0 Å². The number of hydrogen-bond acceptors (Lipinski definition) is 9. The molecule has 3 aliphatic carbocycles. The molecule has 5 aliphatic heterocycles. The van der Waals surface area contributed by atoms with Crippen molar-refractivity contribution in [3.05, 3.63) is 11.6 Å². The van der Waals surface area contributed by atoms with Crippen LogP contribution in [0.15, 0.2) is 11.6 Å². The summed E-state index contributed by atoms with van der Waals surface area (Å²) in [4.78, 5) is 43.4. The molecule has 0 unspecified atom stereocenters. The first-order valence-electron chi connectivity index (χ1n) is 14.8. The highest BCUT2D eigenvalue weighted by atomic mass is 16.6. The lowest BCUT2D eigenvalue weighted by molar-refractivity contribution is -0.364. The van der Waals surface area contributed by atoms with Gasteiger partial charge in [0, 0.05) is 40.5 Å². The van der Waals surface area contributed by atoms with Crippen molar-refractivity contribution in [1.82, 2.24) is 4.90 Å². The standard InChI is InChI=1S/C30H39NO8/c1-15-6-18-11-31-28(9-15,39-18)5-4-26(3)27(10-21(34)37-13-27)24-23(35)16(2)22-19(7-17(12-32)8-20(22)33)29(24)14-38-30(26,31)25(29)36/h8,15-16,18-19,22,24-25,32,36H,4-7,9-14H2,1-3H3/t15-,16+,18+,19+,22-,24+,25+,26-,27+,28-,29-,30+/m0/s1. The minimum atomic E-state index is -1.18. The summed E-state index contributed by atoms with van der Waals surface area (Å²) in [6.07, 6.45) is 4.15. The van der Waals surface area contributed by atoms with Crippen LogP contribution < -0.4 is 0 Å². The Morgan fingerprint density at radius 2 is 1.95 bits per heavy atom. The summed E-state index contributed by atoms with van der Waals surface area (Å²) in [7, 11) is 0. The summed E-state index contributed by atoms with van der Waals surface area (Å²) in [5.41, 5.74) is -3.82. The van der Waals surface area contributed by atoms with Crippen molar-refractivity contribution in [1.29, 1.82) is 0 Å².